The minimum absolute atomic E-state index is 0.0197. The first-order chi connectivity index (χ1) is 9.58. The van der Waals surface area contributed by atoms with Gasteiger partial charge in [0.1, 0.15) is 5.75 Å². The fourth-order valence-corrected chi connectivity index (χ4v) is 1.72. The SMILES string of the molecule is O=C(O)/C=C/c1ccccc1Oc1cccc(Cl)c1F. The molecule has 0 unspecified atom stereocenters. The summed E-state index contributed by atoms with van der Waals surface area (Å²) in [5.74, 6) is -1.42. The Hall–Kier alpha value is -2.33. The molecule has 3 nitrogen and oxygen atoms in total. The molecule has 20 heavy (non-hydrogen) atoms. The summed E-state index contributed by atoms with van der Waals surface area (Å²) >= 11 is 5.68. The lowest BCUT2D eigenvalue weighted by molar-refractivity contribution is -0.131. The summed E-state index contributed by atoms with van der Waals surface area (Å²) in [5.41, 5.74) is 0.522. The molecule has 0 saturated heterocycles. The van der Waals surface area contributed by atoms with Crippen LogP contribution in [0.2, 0.25) is 5.02 Å². The highest BCUT2D eigenvalue weighted by molar-refractivity contribution is 6.30. The fraction of sp³-hybridized carbons (Fsp3) is 0. The molecule has 0 aliphatic rings. The van der Waals surface area contributed by atoms with Crippen LogP contribution in [0, 0.1) is 5.82 Å². The van der Waals surface area contributed by atoms with Crippen molar-refractivity contribution in [1.82, 2.24) is 0 Å². The van der Waals surface area contributed by atoms with E-state index in [2.05, 4.69) is 0 Å². The molecule has 0 fully saturated rings. The van der Waals surface area contributed by atoms with Gasteiger partial charge in [-0.05, 0) is 24.3 Å². The predicted octanol–water partition coefficient (Wildman–Crippen LogP) is 4.37. The van der Waals surface area contributed by atoms with Crippen LogP contribution in [0.4, 0.5) is 4.39 Å². The van der Waals surface area contributed by atoms with Gasteiger partial charge in [0.15, 0.2) is 11.6 Å². The number of carbonyl (C=O) groups is 1. The third-order valence-corrected chi connectivity index (χ3v) is 2.75. The molecule has 0 bridgehead atoms. The van der Waals surface area contributed by atoms with Crippen molar-refractivity contribution < 1.29 is 19.0 Å². The van der Waals surface area contributed by atoms with Crippen LogP contribution >= 0.6 is 11.6 Å². The average Bonchev–Trinajstić information content (AvgIpc) is 2.43. The van der Waals surface area contributed by atoms with E-state index >= 15 is 0 Å². The molecule has 102 valence electrons. The molecular formula is C15H10ClFO3. The molecule has 0 aliphatic carbocycles. The number of aliphatic carboxylic acids is 1. The minimum atomic E-state index is -1.08. The Morgan fingerprint density at radius 1 is 1.15 bits per heavy atom. The van der Waals surface area contributed by atoms with Gasteiger partial charge in [0.05, 0.1) is 5.02 Å². The summed E-state index contributed by atoms with van der Waals surface area (Å²) in [6.45, 7) is 0. The number of carboxylic acids is 1. The van der Waals surface area contributed by atoms with Crippen molar-refractivity contribution in [2.75, 3.05) is 0 Å². The molecule has 0 heterocycles. The molecule has 1 N–H and O–H groups in total. The van der Waals surface area contributed by atoms with Crippen LogP contribution in [0.25, 0.3) is 6.08 Å². The van der Waals surface area contributed by atoms with E-state index in [1.54, 1.807) is 30.3 Å². The normalized spacial score (nSPS) is 10.7. The van der Waals surface area contributed by atoms with Crippen molar-refractivity contribution in [3.8, 4) is 11.5 Å². The summed E-state index contributed by atoms with van der Waals surface area (Å²) in [4.78, 5) is 10.5. The van der Waals surface area contributed by atoms with Gasteiger partial charge < -0.3 is 9.84 Å². The molecule has 2 aromatic rings. The summed E-state index contributed by atoms with van der Waals surface area (Å²) in [6, 6.07) is 11.1. The van der Waals surface area contributed by atoms with Gasteiger partial charge in [0, 0.05) is 11.6 Å². The summed E-state index contributed by atoms with van der Waals surface area (Å²) < 4.78 is 19.2. The Balaban J connectivity index is 2.34. The molecule has 0 aromatic heterocycles. The lowest BCUT2D eigenvalue weighted by atomic mass is 10.2. The van der Waals surface area contributed by atoms with E-state index in [1.165, 1.54) is 18.2 Å². The number of hydrogen-bond acceptors (Lipinski definition) is 2. The topological polar surface area (TPSA) is 46.5 Å². The first-order valence-corrected chi connectivity index (χ1v) is 6.07. The quantitative estimate of drug-likeness (QED) is 0.851. The van der Waals surface area contributed by atoms with Crippen molar-refractivity contribution >= 4 is 23.6 Å². The maximum absolute atomic E-state index is 13.8. The maximum atomic E-state index is 13.8. The Bertz CT molecular complexity index is 668. The molecule has 0 amide bonds. The lowest BCUT2D eigenvalue weighted by Crippen LogP contribution is -1.92. The largest absolute Gasteiger partial charge is 0.478 e. The lowest BCUT2D eigenvalue weighted by Gasteiger charge is -2.09. The fourth-order valence-electron chi connectivity index (χ4n) is 1.55. The Kier molecular flexibility index (Phi) is 4.38. The molecule has 0 radical (unpaired) electrons. The van der Waals surface area contributed by atoms with Crippen molar-refractivity contribution in [2.45, 2.75) is 0 Å². The van der Waals surface area contributed by atoms with Gasteiger partial charge in [-0.15, -0.1) is 0 Å². The number of ether oxygens (including phenoxy) is 1. The number of hydrogen-bond donors (Lipinski definition) is 1. The zero-order valence-corrected chi connectivity index (χ0v) is 11.0. The molecule has 2 rings (SSSR count). The molecular weight excluding hydrogens is 283 g/mol. The molecule has 5 heteroatoms. The van der Waals surface area contributed by atoms with Gasteiger partial charge in [-0.25, -0.2) is 9.18 Å². The Morgan fingerprint density at radius 2 is 1.85 bits per heavy atom. The van der Waals surface area contributed by atoms with Crippen LogP contribution in [0.5, 0.6) is 11.5 Å². The second kappa shape index (κ2) is 6.21. The van der Waals surface area contributed by atoms with Gasteiger partial charge in [0.25, 0.3) is 0 Å². The Labute approximate surface area is 119 Å². The first kappa shape index (κ1) is 14.1. The van der Waals surface area contributed by atoms with Crippen LogP contribution in [0.15, 0.2) is 48.5 Å². The maximum Gasteiger partial charge on any atom is 0.328 e. The van der Waals surface area contributed by atoms with Gasteiger partial charge in [-0.3, -0.25) is 0 Å². The predicted molar refractivity (Wildman–Crippen MR) is 74.6 cm³/mol. The van der Waals surface area contributed by atoms with Crippen LogP contribution in [-0.2, 0) is 4.79 Å². The standard InChI is InChI=1S/C15H10ClFO3/c16-11-5-3-7-13(15(11)17)20-12-6-2-1-4-10(12)8-9-14(18)19/h1-9H,(H,18,19)/b9-8+. The third kappa shape index (κ3) is 3.36. The second-order valence-corrected chi connectivity index (χ2v) is 4.27. The average molecular weight is 293 g/mol. The van der Waals surface area contributed by atoms with Crippen molar-refractivity contribution in [2.24, 2.45) is 0 Å². The molecule has 0 saturated carbocycles. The molecule has 0 spiro atoms. The molecule has 0 atom stereocenters. The van der Waals surface area contributed by atoms with Crippen LogP contribution < -0.4 is 4.74 Å². The van der Waals surface area contributed by atoms with E-state index in [9.17, 15) is 9.18 Å². The smallest absolute Gasteiger partial charge is 0.328 e. The Morgan fingerprint density at radius 3 is 2.60 bits per heavy atom. The third-order valence-electron chi connectivity index (χ3n) is 2.46. The zero-order valence-electron chi connectivity index (χ0n) is 10.2. The van der Waals surface area contributed by atoms with Gasteiger partial charge >= 0.3 is 5.97 Å². The highest BCUT2D eigenvalue weighted by Crippen LogP contribution is 2.31. The number of benzene rings is 2. The monoisotopic (exact) mass is 292 g/mol. The van der Waals surface area contributed by atoms with E-state index in [-0.39, 0.29) is 10.8 Å². The van der Waals surface area contributed by atoms with Gasteiger partial charge in [-0.2, -0.15) is 0 Å². The number of para-hydroxylation sites is 1. The van der Waals surface area contributed by atoms with Crippen LogP contribution in [0.3, 0.4) is 0 Å². The van der Waals surface area contributed by atoms with E-state index in [0.717, 1.165) is 6.08 Å². The van der Waals surface area contributed by atoms with E-state index < -0.39 is 11.8 Å². The summed E-state index contributed by atoms with van der Waals surface area (Å²) in [5, 5.41) is 8.59. The molecule has 2 aromatic carbocycles. The van der Waals surface area contributed by atoms with Crippen LogP contribution in [-0.4, -0.2) is 11.1 Å². The summed E-state index contributed by atoms with van der Waals surface area (Å²) in [6.07, 6.45) is 2.36. The molecule has 0 aliphatic heterocycles. The van der Waals surface area contributed by atoms with Gasteiger partial charge in [0.2, 0.25) is 0 Å². The number of carboxylic acid groups (broad SMARTS) is 1. The summed E-state index contributed by atoms with van der Waals surface area (Å²) in [7, 11) is 0. The van der Waals surface area contributed by atoms with Crippen molar-refractivity contribution in [1.29, 1.82) is 0 Å². The zero-order chi connectivity index (χ0) is 14.5. The highest BCUT2D eigenvalue weighted by atomic mass is 35.5. The van der Waals surface area contributed by atoms with E-state index in [4.69, 9.17) is 21.4 Å². The van der Waals surface area contributed by atoms with Crippen LogP contribution in [0.1, 0.15) is 5.56 Å². The van der Waals surface area contributed by atoms with Gasteiger partial charge in [-0.1, -0.05) is 35.9 Å². The second-order valence-electron chi connectivity index (χ2n) is 3.86. The van der Waals surface area contributed by atoms with Crippen molar-refractivity contribution in [3.63, 3.8) is 0 Å². The minimum Gasteiger partial charge on any atom is -0.478 e. The first-order valence-electron chi connectivity index (χ1n) is 5.70. The van der Waals surface area contributed by atoms with E-state index in [0.29, 0.717) is 11.3 Å². The highest BCUT2D eigenvalue weighted by Gasteiger charge is 2.10. The number of halogens is 2. The number of rotatable bonds is 4. The van der Waals surface area contributed by atoms with E-state index in [1.807, 2.05) is 0 Å². The van der Waals surface area contributed by atoms with Crippen molar-refractivity contribution in [3.05, 3.63) is 64.9 Å².